The highest BCUT2D eigenvalue weighted by Gasteiger charge is 2.30. The zero-order valence-electron chi connectivity index (χ0n) is 12.9. The van der Waals surface area contributed by atoms with Gasteiger partial charge in [-0.1, -0.05) is 32.9 Å². The number of hydrogen-bond donors (Lipinski definition) is 2. The lowest BCUT2D eigenvalue weighted by molar-refractivity contribution is 0.141. The Bertz CT molecular complexity index is 785. The van der Waals surface area contributed by atoms with Gasteiger partial charge in [0, 0.05) is 0 Å². The van der Waals surface area contributed by atoms with Crippen LogP contribution in [-0.2, 0) is 0 Å². The number of hydrogen-bond acceptors (Lipinski definition) is 4. The average Bonchev–Trinajstić information content (AvgIpc) is 3.06. The van der Waals surface area contributed by atoms with Crippen LogP contribution in [0, 0.1) is 5.41 Å². The molecule has 0 saturated carbocycles. The van der Waals surface area contributed by atoms with Crippen molar-refractivity contribution in [3.05, 3.63) is 35.7 Å². The maximum absolute atomic E-state index is 10.3. The fraction of sp³-hybridized carbons (Fsp3) is 0.353. The van der Waals surface area contributed by atoms with Gasteiger partial charge in [-0.2, -0.15) is 0 Å². The van der Waals surface area contributed by atoms with E-state index >= 15 is 0 Å². The van der Waals surface area contributed by atoms with Gasteiger partial charge in [0.25, 0.3) is 0 Å². The molecule has 4 nitrogen and oxygen atoms in total. The quantitative estimate of drug-likeness (QED) is 0.766. The molecule has 22 heavy (non-hydrogen) atoms. The molecule has 0 spiro atoms. The second-order valence-electron chi connectivity index (χ2n) is 6.49. The number of para-hydroxylation sites is 1. The van der Waals surface area contributed by atoms with E-state index in [1.54, 1.807) is 23.5 Å². The molecule has 2 heterocycles. The minimum absolute atomic E-state index is 0.0122. The van der Waals surface area contributed by atoms with E-state index in [1.807, 2.05) is 28.1 Å². The van der Waals surface area contributed by atoms with Gasteiger partial charge in [-0.3, -0.25) is 0 Å². The Morgan fingerprint density at radius 3 is 2.59 bits per heavy atom. The molecule has 0 fully saturated rings. The van der Waals surface area contributed by atoms with E-state index in [4.69, 9.17) is 4.98 Å². The summed E-state index contributed by atoms with van der Waals surface area (Å²) in [6.07, 6.45) is 0. The summed E-state index contributed by atoms with van der Waals surface area (Å²) in [5, 5.41) is 22.3. The first-order valence-corrected chi connectivity index (χ1v) is 8.16. The lowest BCUT2D eigenvalue weighted by Gasteiger charge is -2.32. The van der Waals surface area contributed by atoms with Crippen LogP contribution in [0.4, 0.5) is 0 Å². The molecule has 3 rings (SSSR count). The summed E-state index contributed by atoms with van der Waals surface area (Å²) in [5.74, 6) is 0.982. The zero-order valence-corrected chi connectivity index (χ0v) is 13.8. The number of thiophene rings is 1. The molecule has 0 amide bonds. The van der Waals surface area contributed by atoms with Gasteiger partial charge in [-0.25, -0.2) is 4.98 Å². The molecular formula is C17H20N2O2S. The van der Waals surface area contributed by atoms with Gasteiger partial charge in [-0.05, 0) is 29.0 Å². The van der Waals surface area contributed by atoms with Crippen LogP contribution < -0.4 is 0 Å². The Balaban J connectivity index is 2.36. The Morgan fingerprint density at radius 2 is 2.00 bits per heavy atom. The highest BCUT2D eigenvalue weighted by Crippen LogP contribution is 2.40. The van der Waals surface area contributed by atoms with Crippen molar-refractivity contribution in [2.24, 2.45) is 5.41 Å². The number of imidazole rings is 1. The van der Waals surface area contributed by atoms with Crippen molar-refractivity contribution in [2.45, 2.75) is 26.8 Å². The Morgan fingerprint density at radius 1 is 1.23 bits per heavy atom. The van der Waals surface area contributed by atoms with Crippen molar-refractivity contribution in [3.8, 4) is 16.5 Å². The largest absolute Gasteiger partial charge is 0.506 e. The highest BCUT2D eigenvalue weighted by atomic mass is 32.1. The van der Waals surface area contributed by atoms with Crippen molar-refractivity contribution in [3.63, 3.8) is 0 Å². The van der Waals surface area contributed by atoms with Crippen LogP contribution in [0.5, 0.6) is 5.75 Å². The Hall–Kier alpha value is -1.85. The molecule has 0 aliphatic heterocycles. The Labute approximate surface area is 133 Å². The summed E-state index contributed by atoms with van der Waals surface area (Å²) >= 11 is 1.60. The van der Waals surface area contributed by atoms with Crippen LogP contribution in [-0.4, -0.2) is 26.4 Å². The lowest BCUT2D eigenvalue weighted by Crippen LogP contribution is -2.28. The molecule has 0 radical (unpaired) electrons. The molecule has 0 bridgehead atoms. The topological polar surface area (TPSA) is 58.3 Å². The number of aromatic hydroxyl groups is 1. The maximum Gasteiger partial charge on any atom is 0.151 e. The predicted octanol–water partition coefficient (Wildman–Crippen LogP) is 4.05. The summed E-state index contributed by atoms with van der Waals surface area (Å²) in [5.41, 5.74) is 1.25. The van der Waals surface area contributed by atoms with Gasteiger partial charge < -0.3 is 14.8 Å². The molecule has 0 saturated heterocycles. The predicted molar refractivity (Wildman–Crippen MR) is 90.3 cm³/mol. The van der Waals surface area contributed by atoms with Crippen LogP contribution in [0.2, 0.25) is 0 Å². The summed E-state index contributed by atoms with van der Waals surface area (Å²) in [6.45, 7) is 6.23. The van der Waals surface area contributed by atoms with E-state index in [9.17, 15) is 10.2 Å². The van der Waals surface area contributed by atoms with E-state index in [0.717, 1.165) is 16.2 Å². The molecule has 3 aromatic rings. The third kappa shape index (κ3) is 2.40. The van der Waals surface area contributed by atoms with Crippen LogP contribution in [0.25, 0.3) is 21.7 Å². The first-order valence-electron chi connectivity index (χ1n) is 7.28. The van der Waals surface area contributed by atoms with Crippen molar-refractivity contribution in [1.29, 1.82) is 0 Å². The monoisotopic (exact) mass is 316 g/mol. The first-order chi connectivity index (χ1) is 10.4. The Kier molecular flexibility index (Phi) is 3.70. The minimum Gasteiger partial charge on any atom is -0.506 e. The van der Waals surface area contributed by atoms with E-state index in [-0.39, 0.29) is 23.8 Å². The standard InChI is InChI=1S/C17H20N2O2S/c1-17(2,3)14(10-20)19-15-11(6-4-7-12(15)21)18-16(19)13-8-5-9-22-13/h4-9,14,20-21H,10H2,1-3H3/t14-/m1/s1. The minimum atomic E-state index is -0.178. The van der Waals surface area contributed by atoms with E-state index in [1.165, 1.54) is 0 Å². The normalized spacial score (nSPS) is 13.6. The number of phenolic OH excluding ortho intramolecular Hbond substituents is 1. The summed E-state index contributed by atoms with van der Waals surface area (Å²) in [7, 11) is 0. The van der Waals surface area contributed by atoms with Crippen molar-refractivity contribution >= 4 is 22.4 Å². The molecule has 2 N–H and O–H groups in total. The molecule has 0 unspecified atom stereocenters. The average molecular weight is 316 g/mol. The number of aromatic nitrogens is 2. The van der Waals surface area contributed by atoms with Crippen molar-refractivity contribution in [2.75, 3.05) is 6.61 Å². The van der Waals surface area contributed by atoms with E-state index < -0.39 is 0 Å². The third-order valence-electron chi connectivity index (χ3n) is 3.91. The number of phenols is 1. The van der Waals surface area contributed by atoms with E-state index in [0.29, 0.717) is 5.52 Å². The van der Waals surface area contributed by atoms with Gasteiger partial charge in [0.2, 0.25) is 0 Å². The molecule has 1 atom stereocenters. The van der Waals surface area contributed by atoms with Gasteiger partial charge >= 0.3 is 0 Å². The summed E-state index contributed by atoms with van der Waals surface area (Å²) < 4.78 is 1.98. The molecule has 0 aliphatic rings. The molecule has 0 aliphatic carbocycles. The second kappa shape index (κ2) is 5.41. The smallest absolute Gasteiger partial charge is 0.151 e. The number of fused-ring (bicyclic) bond motifs is 1. The fourth-order valence-electron chi connectivity index (χ4n) is 2.76. The molecule has 5 heteroatoms. The van der Waals surface area contributed by atoms with Gasteiger partial charge in [0.15, 0.2) is 5.82 Å². The number of aliphatic hydroxyl groups excluding tert-OH is 1. The number of aliphatic hydroxyl groups is 1. The van der Waals surface area contributed by atoms with Gasteiger partial charge in [0.1, 0.15) is 11.3 Å². The fourth-order valence-corrected chi connectivity index (χ4v) is 3.47. The number of rotatable bonds is 3. The third-order valence-corrected chi connectivity index (χ3v) is 4.78. The van der Waals surface area contributed by atoms with Crippen molar-refractivity contribution in [1.82, 2.24) is 9.55 Å². The first kappa shape index (κ1) is 15.1. The molecule has 1 aromatic carbocycles. The van der Waals surface area contributed by atoms with Crippen LogP contribution >= 0.6 is 11.3 Å². The highest BCUT2D eigenvalue weighted by molar-refractivity contribution is 7.13. The van der Waals surface area contributed by atoms with Gasteiger partial charge in [-0.15, -0.1) is 11.3 Å². The summed E-state index contributed by atoms with van der Waals surface area (Å²) in [4.78, 5) is 5.73. The van der Waals surface area contributed by atoms with E-state index in [2.05, 4.69) is 20.8 Å². The maximum atomic E-state index is 10.3. The van der Waals surface area contributed by atoms with Gasteiger partial charge in [0.05, 0.1) is 23.0 Å². The summed E-state index contributed by atoms with van der Waals surface area (Å²) in [6, 6.07) is 9.15. The van der Waals surface area contributed by atoms with Crippen LogP contribution in [0.1, 0.15) is 26.8 Å². The van der Waals surface area contributed by atoms with Crippen molar-refractivity contribution < 1.29 is 10.2 Å². The number of benzene rings is 1. The zero-order chi connectivity index (χ0) is 15.9. The second-order valence-corrected chi connectivity index (χ2v) is 7.44. The van der Waals surface area contributed by atoms with Crippen LogP contribution in [0.3, 0.4) is 0 Å². The van der Waals surface area contributed by atoms with Crippen LogP contribution in [0.15, 0.2) is 35.7 Å². The molecular weight excluding hydrogens is 296 g/mol. The molecule has 2 aromatic heterocycles. The number of nitrogens with zero attached hydrogens (tertiary/aromatic N) is 2. The lowest BCUT2D eigenvalue weighted by atomic mass is 9.86. The SMILES string of the molecule is CC(C)(C)[C@@H](CO)n1c(-c2cccs2)nc2cccc(O)c21. The molecule has 116 valence electrons.